The van der Waals surface area contributed by atoms with E-state index in [1.807, 2.05) is 20.0 Å². The lowest BCUT2D eigenvalue weighted by Gasteiger charge is -2.25. The van der Waals surface area contributed by atoms with Crippen molar-refractivity contribution >= 4 is 0 Å². The van der Waals surface area contributed by atoms with E-state index in [2.05, 4.69) is 25.5 Å². The molecule has 0 spiro atoms. The Labute approximate surface area is 111 Å². The second kappa shape index (κ2) is 5.10. The van der Waals surface area contributed by atoms with Gasteiger partial charge in [-0.25, -0.2) is 0 Å². The summed E-state index contributed by atoms with van der Waals surface area (Å²) >= 11 is 0. The van der Waals surface area contributed by atoms with Crippen LogP contribution in [-0.2, 0) is 13.6 Å². The third-order valence-corrected chi connectivity index (χ3v) is 3.26. The van der Waals surface area contributed by atoms with Gasteiger partial charge in [0.1, 0.15) is 5.69 Å². The number of nitrogens with zero attached hydrogens (tertiary/aromatic N) is 5. The maximum atomic E-state index is 5.32. The lowest BCUT2D eigenvalue weighted by molar-refractivity contribution is 0.225. The first kappa shape index (κ1) is 12.3. The Balaban J connectivity index is 1.74. The molecule has 3 rings (SSSR count). The summed E-state index contributed by atoms with van der Waals surface area (Å²) < 4.78 is 7.08. The van der Waals surface area contributed by atoms with Crippen molar-refractivity contribution in [3.8, 4) is 11.6 Å². The lowest BCUT2D eigenvalue weighted by atomic mass is 10.3. The molecule has 0 saturated carbocycles. The number of hydrogen-bond acceptors (Lipinski definition) is 6. The normalized spacial score (nSPS) is 16.9. The van der Waals surface area contributed by atoms with Gasteiger partial charge in [-0.15, -0.1) is 0 Å². The number of piperazine rings is 1. The Morgan fingerprint density at radius 1 is 1.37 bits per heavy atom. The molecule has 0 aromatic carbocycles. The molecule has 2 aromatic rings. The molecule has 0 amide bonds. The molecule has 0 atom stereocenters. The van der Waals surface area contributed by atoms with Gasteiger partial charge in [-0.3, -0.25) is 9.58 Å². The van der Waals surface area contributed by atoms with E-state index >= 15 is 0 Å². The van der Waals surface area contributed by atoms with Crippen LogP contribution in [0.1, 0.15) is 11.5 Å². The fourth-order valence-electron chi connectivity index (χ4n) is 2.30. The zero-order valence-corrected chi connectivity index (χ0v) is 11.3. The van der Waals surface area contributed by atoms with Gasteiger partial charge in [0.2, 0.25) is 0 Å². The molecule has 0 bridgehead atoms. The van der Waals surface area contributed by atoms with Crippen molar-refractivity contribution in [2.45, 2.75) is 13.5 Å². The maximum Gasteiger partial charge on any atom is 0.276 e. The van der Waals surface area contributed by atoms with E-state index < -0.39 is 0 Å². The molecular weight excluding hydrogens is 244 g/mol. The van der Waals surface area contributed by atoms with Crippen molar-refractivity contribution in [3.05, 3.63) is 17.6 Å². The Kier molecular flexibility index (Phi) is 3.31. The van der Waals surface area contributed by atoms with Gasteiger partial charge in [-0.05, 0) is 13.0 Å². The highest BCUT2D eigenvalue weighted by Crippen LogP contribution is 2.17. The molecule has 1 N–H and O–H groups in total. The van der Waals surface area contributed by atoms with Crippen LogP contribution in [0.25, 0.3) is 11.6 Å². The van der Waals surface area contributed by atoms with Crippen molar-refractivity contribution in [2.24, 2.45) is 7.05 Å². The molecule has 7 nitrogen and oxygen atoms in total. The van der Waals surface area contributed by atoms with Crippen LogP contribution in [-0.4, -0.2) is 51.0 Å². The van der Waals surface area contributed by atoms with Crippen molar-refractivity contribution in [3.63, 3.8) is 0 Å². The molecule has 2 aromatic heterocycles. The van der Waals surface area contributed by atoms with Crippen molar-refractivity contribution in [1.82, 2.24) is 30.1 Å². The minimum absolute atomic E-state index is 0.535. The predicted molar refractivity (Wildman–Crippen MR) is 69.4 cm³/mol. The van der Waals surface area contributed by atoms with Gasteiger partial charge in [-0.2, -0.15) is 10.1 Å². The van der Waals surface area contributed by atoms with E-state index in [0.717, 1.165) is 49.9 Å². The van der Waals surface area contributed by atoms with Gasteiger partial charge in [0, 0.05) is 33.2 Å². The highest BCUT2D eigenvalue weighted by molar-refractivity contribution is 5.47. The second-order valence-electron chi connectivity index (χ2n) is 4.84. The van der Waals surface area contributed by atoms with Crippen LogP contribution in [0.2, 0.25) is 0 Å². The van der Waals surface area contributed by atoms with Gasteiger partial charge in [0.25, 0.3) is 5.89 Å². The van der Waals surface area contributed by atoms with E-state index in [1.165, 1.54) is 0 Å². The third-order valence-electron chi connectivity index (χ3n) is 3.26. The molecule has 0 radical (unpaired) electrons. The number of aryl methyl sites for hydroxylation is 2. The average Bonchev–Trinajstić information content (AvgIpc) is 2.97. The lowest BCUT2D eigenvalue weighted by Crippen LogP contribution is -2.43. The maximum absolute atomic E-state index is 5.32. The summed E-state index contributed by atoms with van der Waals surface area (Å²) in [5.74, 6) is 1.27. The summed E-state index contributed by atoms with van der Waals surface area (Å²) in [5.41, 5.74) is 1.80. The Morgan fingerprint density at radius 2 is 2.16 bits per heavy atom. The van der Waals surface area contributed by atoms with E-state index in [0.29, 0.717) is 5.89 Å². The minimum Gasteiger partial charge on any atom is -0.332 e. The van der Waals surface area contributed by atoms with E-state index in [4.69, 9.17) is 4.52 Å². The molecule has 0 unspecified atom stereocenters. The molecule has 102 valence electrons. The highest BCUT2D eigenvalue weighted by Gasteiger charge is 2.16. The predicted octanol–water partition coefficient (Wildman–Crippen LogP) is 0.184. The number of aromatic nitrogens is 4. The summed E-state index contributed by atoms with van der Waals surface area (Å²) in [6.07, 6.45) is 0. The van der Waals surface area contributed by atoms with Gasteiger partial charge in [0.15, 0.2) is 5.82 Å². The van der Waals surface area contributed by atoms with Crippen molar-refractivity contribution in [2.75, 3.05) is 26.2 Å². The summed E-state index contributed by atoms with van der Waals surface area (Å²) in [5, 5.41) is 11.7. The van der Waals surface area contributed by atoms with E-state index in [-0.39, 0.29) is 0 Å². The molecule has 1 saturated heterocycles. The first-order valence-electron chi connectivity index (χ1n) is 6.49. The zero-order chi connectivity index (χ0) is 13.2. The minimum atomic E-state index is 0.535. The van der Waals surface area contributed by atoms with Crippen LogP contribution in [0.5, 0.6) is 0 Å². The molecule has 1 fully saturated rings. The molecule has 0 aliphatic carbocycles. The quantitative estimate of drug-likeness (QED) is 0.851. The van der Waals surface area contributed by atoms with Gasteiger partial charge in [-0.1, -0.05) is 5.16 Å². The van der Waals surface area contributed by atoms with Crippen LogP contribution in [0.3, 0.4) is 0 Å². The summed E-state index contributed by atoms with van der Waals surface area (Å²) in [7, 11) is 1.88. The number of hydrogen-bond donors (Lipinski definition) is 1. The standard InChI is InChI=1S/C12H18N6O/c1-9-7-10(17(2)15-9)12-14-11(16-19-12)8-18-5-3-13-4-6-18/h7,13H,3-6,8H2,1-2H3. The largest absolute Gasteiger partial charge is 0.332 e. The monoisotopic (exact) mass is 262 g/mol. The van der Waals surface area contributed by atoms with Crippen molar-refractivity contribution in [1.29, 1.82) is 0 Å². The molecule has 19 heavy (non-hydrogen) atoms. The summed E-state index contributed by atoms with van der Waals surface area (Å²) in [6.45, 7) is 6.77. The molecule has 1 aliphatic rings. The van der Waals surface area contributed by atoms with Crippen LogP contribution in [0.15, 0.2) is 10.6 Å². The molecule has 3 heterocycles. The first-order chi connectivity index (χ1) is 9.22. The summed E-state index contributed by atoms with van der Waals surface area (Å²) in [6, 6.07) is 1.95. The van der Waals surface area contributed by atoms with Gasteiger partial charge in [0.05, 0.1) is 12.2 Å². The topological polar surface area (TPSA) is 72.0 Å². The molecular formula is C12H18N6O. The number of rotatable bonds is 3. The van der Waals surface area contributed by atoms with Crippen LogP contribution >= 0.6 is 0 Å². The van der Waals surface area contributed by atoms with Gasteiger partial charge >= 0.3 is 0 Å². The van der Waals surface area contributed by atoms with Crippen LogP contribution < -0.4 is 5.32 Å². The summed E-state index contributed by atoms with van der Waals surface area (Å²) in [4.78, 5) is 6.77. The highest BCUT2D eigenvalue weighted by atomic mass is 16.5. The Hall–Kier alpha value is -1.73. The van der Waals surface area contributed by atoms with Crippen LogP contribution in [0.4, 0.5) is 0 Å². The fourth-order valence-corrected chi connectivity index (χ4v) is 2.30. The second-order valence-corrected chi connectivity index (χ2v) is 4.84. The average molecular weight is 262 g/mol. The van der Waals surface area contributed by atoms with Crippen molar-refractivity contribution < 1.29 is 4.52 Å². The Morgan fingerprint density at radius 3 is 2.84 bits per heavy atom. The number of nitrogens with one attached hydrogen (secondary N) is 1. The third kappa shape index (κ3) is 2.66. The Bertz CT molecular complexity index is 554. The van der Waals surface area contributed by atoms with E-state index in [1.54, 1.807) is 4.68 Å². The van der Waals surface area contributed by atoms with Gasteiger partial charge < -0.3 is 9.84 Å². The fraction of sp³-hybridized carbons (Fsp3) is 0.583. The smallest absolute Gasteiger partial charge is 0.276 e. The molecule has 7 heteroatoms. The molecule has 1 aliphatic heterocycles. The first-order valence-corrected chi connectivity index (χ1v) is 6.49. The zero-order valence-electron chi connectivity index (χ0n) is 11.3. The van der Waals surface area contributed by atoms with E-state index in [9.17, 15) is 0 Å². The van der Waals surface area contributed by atoms with Crippen LogP contribution in [0, 0.1) is 6.92 Å². The SMILES string of the molecule is Cc1cc(-c2nc(CN3CCNCC3)no2)n(C)n1.